The van der Waals surface area contributed by atoms with Gasteiger partial charge in [0, 0.05) is 5.54 Å². The molecule has 0 saturated heterocycles. The summed E-state index contributed by atoms with van der Waals surface area (Å²) in [6, 6.07) is 4.43. The zero-order chi connectivity index (χ0) is 13.2. The molecular weight excluding hydrogens is 233 g/mol. The minimum Gasteiger partial charge on any atom is -0.496 e. The molecule has 4 heteroatoms. The second-order valence-electron chi connectivity index (χ2n) is 4.61. The largest absolute Gasteiger partial charge is 0.496 e. The number of nitrogens with one attached hydrogen (secondary N) is 1. The summed E-state index contributed by atoms with van der Waals surface area (Å²) in [6.07, 6.45) is 3.62. The lowest BCUT2D eigenvalue weighted by molar-refractivity contribution is -0.117. The van der Waals surface area contributed by atoms with Crippen LogP contribution in [0.25, 0.3) is 0 Å². The second kappa shape index (κ2) is 4.80. The summed E-state index contributed by atoms with van der Waals surface area (Å²) in [7, 11) is 1.55. The molecule has 0 atom stereocenters. The number of hydrogen-bond acceptors (Lipinski definition) is 2. The molecule has 0 aliphatic heterocycles. The van der Waals surface area contributed by atoms with Gasteiger partial charge in [0.1, 0.15) is 11.6 Å². The van der Waals surface area contributed by atoms with E-state index in [2.05, 4.69) is 11.9 Å². The van der Waals surface area contributed by atoms with Crippen LogP contribution < -0.4 is 10.1 Å². The van der Waals surface area contributed by atoms with E-state index in [0.717, 1.165) is 18.4 Å². The number of methoxy groups -OCH3 is 1. The van der Waals surface area contributed by atoms with Crippen LogP contribution in [-0.4, -0.2) is 18.6 Å². The average Bonchev–Trinajstić information content (AvgIpc) is 3.09. The lowest BCUT2D eigenvalue weighted by atomic mass is 10.0. The van der Waals surface area contributed by atoms with E-state index in [4.69, 9.17) is 4.74 Å². The van der Waals surface area contributed by atoms with Crippen LogP contribution in [0, 0.1) is 5.82 Å². The Balaban J connectivity index is 2.16. The molecule has 1 aromatic rings. The van der Waals surface area contributed by atoms with E-state index in [-0.39, 0.29) is 17.3 Å². The average molecular weight is 249 g/mol. The molecule has 0 radical (unpaired) electrons. The number of halogens is 1. The van der Waals surface area contributed by atoms with Crippen LogP contribution in [0.2, 0.25) is 0 Å². The Labute approximate surface area is 106 Å². The van der Waals surface area contributed by atoms with Crippen molar-refractivity contribution in [3.05, 3.63) is 42.2 Å². The number of hydrogen-bond donors (Lipinski definition) is 1. The van der Waals surface area contributed by atoms with Crippen molar-refractivity contribution >= 4 is 5.91 Å². The molecule has 18 heavy (non-hydrogen) atoms. The fourth-order valence-electron chi connectivity index (χ4n) is 2.06. The predicted molar refractivity (Wildman–Crippen MR) is 67.0 cm³/mol. The Kier molecular flexibility index (Phi) is 3.36. The zero-order valence-electron chi connectivity index (χ0n) is 10.3. The fourth-order valence-corrected chi connectivity index (χ4v) is 2.06. The third-order valence-corrected chi connectivity index (χ3v) is 3.20. The summed E-state index contributed by atoms with van der Waals surface area (Å²) in [5, 5.41) is 2.90. The Hall–Kier alpha value is -1.84. The third-order valence-electron chi connectivity index (χ3n) is 3.20. The van der Waals surface area contributed by atoms with Crippen LogP contribution in [0.3, 0.4) is 0 Å². The SMILES string of the molecule is C=CC(=O)NC1(Cc2cc(F)ccc2OC)CC1. The highest BCUT2D eigenvalue weighted by atomic mass is 19.1. The van der Waals surface area contributed by atoms with Gasteiger partial charge in [-0.15, -0.1) is 0 Å². The van der Waals surface area contributed by atoms with Crippen molar-refractivity contribution in [2.75, 3.05) is 7.11 Å². The van der Waals surface area contributed by atoms with Gasteiger partial charge in [-0.1, -0.05) is 6.58 Å². The van der Waals surface area contributed by atoms with Gasteiger partial charge in [0.15, 0.2) is 0 Å². The normalized spacial score (nSPS) is 15.9. The van der Waals surface area contributed by atoms with Gasteiger partial charge in [-0.2, -0.15) is 0 Å². The standard InChI is InChI=1S/C14H16FNO2/c1-3-13(17)16-14(6-7-14)9-10-8-11(15)4-5-12(10)18-2/h3-5,8H,1,6-7,9H2,2H3,(H,16,17). The molecule has 1 saturated carbocycles. The van der Waals surface area contributed by atoms with Gasteiger partial charge in [-0.25, -0.2) is 4.39 Å². The molecule has 1 aliphatic rings. The minimum absolute atomic E-state index is 0.192. The Bertz CT molecular complexity index is 481. The first-order valence-electron chi connectivity index (χ1n) is 5.85. The van der Waals surface area contributed by atoms with Gasteiger partial charge in [0.2, 0.25) is 5.91 Å². The van der Waals surface area contributed by atoms with E-state index in [0.29, 0.717) is 12.2 Å². The summed E-state index contributed by atoms with van der Waals surface area (Å²) >= 11 is 0. The first-order valence-corrected chi connectivity index (χ1v) is 5.85. The lowest BCUT2D eigenvalue weighted by Gasteiger charge is -2.18. The summed E-state index contributed by atoms with van der Waals surface area (Å²) in [6.45, 7) is 3.43. The van der Waals surface area contributed by atoms with Gasteiger partial charge >= 0.3 is 0 Å². The van der Waals surface area contributed by atoms with Gasteiger partial charge in [0.25, 0.3) is 0 Å². The van der Waals surface area contributed by atoms with E-state index < -0.39 is 0 Å². The maximum atomic E-state index is 13.2. The van der Waals surface area contributed by atoms with Crippen LogP contribution >= 0.6 is 0 Å². The van der Waals surface area contributed by atoms with Crippen molar-refractivity contribution in [3.8, 4) is 5.75 Å². The van der Waals surface area contributed by atoms with Crippen molar-refractivity contribution in [2.45, 2.75) is 24.8 Å². The Morgan fingerprint density at radius 2 is 2.33 bits per heavy atom. The number of benzene rings is 1. The predicted octanol–water partition coefficient (Wildman–Crippen LogP) is 2.21. The smallest absolute Gasteiger partial charge is 0.243 e. The lowest BCUT2D eigenvalue weighted by Crippen LogP contribution is -2.37. The number of ether oxygens (including phenoxy) is 1. The quantitative estimate of drug-likeness (QED) is 0.812. The zero-order valence-corrected chi connectivity index (χ0v) is 10.3. The summed E-state index contributed by atoms with van der Waals surface area (Å²) in [5.74, 6) is 0.162. The number of amides is 1. The van der Waals surface area contributed by atoms with Crippen molar-refractivity contribution in [1.82, 2.24) is 5.32 Å². The van der Waals surface area contributed by atoms with Crippen molar-refractivity contribution in [1.29, 1.82) is 0 Å². The molecule has 0 spiro atoms. The van der Waals surface area contributed by atoms with E-state index in [1.165, 1.54) is 18.2 Å². The van der Waals surface area contributed by atoms with E-state index in [1.54, 1.807) is 13.2 Å². The molecule has 2 rings (SSSR count). The van der Waals surface area contributed by atoms with E-state index in [9.17, 15) is 9.18 Å². The molecule has 1 aliphatic carbocycles. The highest BCUT2D eigenvalue weighted by Crippen LogP contribution is 2.40. The van der Waals surface area contributed by atoms with E-state index in [1.807, 2.05) is 0 Å². The molecule has 1 aromatic carbocycles. The maximum Gasteiger partial charge on any atom is 0.243 e. The van der Waals surface area contributed by atoms with Crippen LogP contribution in [-0.2, 0) is 11.2 Å². The highest BCUT2D eigenvalue weighted by molar-refractivity contribution is 5.87. The van der Waals surface area contributed by atoms with Gasteiger partial charge in [-0.05, 0) is 49.1 Å². The van der Waals surface area contributed by atoms with E-state index >= 15 is 0 Å². The summed E-state index contributed by atoms with van der Waals surface area (Å²) in [5.41, 5.74) is 0.520. The van der Waals surface area contributed by atoms with Crippen LogP contribution in [0.4, 0.5) is 4.39 Å². The molecule has 1 N–H and O–H groups in total. The molecule has 96 valence electrons. The van der Waals surface area contributed by atoms with Crippen molar-refractivity contribution < 1.29 is 13.9 Å². The summed E-state index contributed by atoms with van der Waals surface area (Å²) < 4.78 is 18.5. The van der Waals surface area contributed by atoms with Crippen LogP contribution in [0.1, 0.15) is 18.4 Å². The molecule has 0 unspecified atom stereocenters. The Morgan fingerprint density at radius 3 is 2.89 bits per heavy atom. The minimum atomic E-state index is -0.295. The Morgan fingerprint density at radius 1 is 1.61 bits per heavy atom. The second-order valence-corrected chi connectivity index (χ2v) is 4.61. The third kappa shape index (κ3) is 2.70. The van der Waals surface area contributed by atoms with Gasteiger partial charge in [0.05, 0.1) is 7.11 Å². The molecule has 3 nitrogen and oxygen atoms in total. The molecule has 1 fully saturated rings. The number of carbonyl (C=O) groups is 1. The maximum absolute atomic E-state index is 13.2. The topological polar surface area (TPSA) is 38.3 Å². The number of rotatable bonds is 5. The molecular formula is C14H16FNO2. The molecule has 1 amide bonds. The molecule has 0 aromatic heterocycles. The monoisotopic (exact) mass is 249 g/mol. The molecule has 0 heterocycles. The fraction of sp³-hybridized carbons (Fsp3) is 0.357. The first kappa shape index (κ1) is 12.6. The van der Waals surface area contributed by atoms with Gasteiger partial charge < -0.3 is 10.1 Å². The highest BCUT2D eigenvalue weighted by Gasteiger charge is 2.44. The van der Waals surface area contributed by atoms with Crippen molar-refractivity contribution in [2.24, 2.45) is 0 Å². The van der Waals surface area contributed by atoms with Crippen LogP contribution in [0.15, 0.2) is 30.9 Å². The van der Waals surface area contributed by atoms with Gasteiger partial charge in [-0.3, -0.25) is 4.79 Å². The molecule has 0 bridgehead atoms. The van der Waals surface area contributed by atoms with Crippen molar-refractivity contribution in [3.63, 3.8) is 0 Å². The summed E-state index contributed by atoms with van der Waals surface area (Å²) in [4.78, 5) is 11.3. The number of carbonyl (C=O) groups excluding carboxylic acids is 1. The first-order chi connectivity index (χ1) is 8.58. The van der Waals surface area contributed by atoms with Crippen LogP contribution in [0.5, 0.6) is 5.75 Å².